The highest BCUT2D eigenvalue weighted by molar-refractivity contribution is 6.13. The molecule has 2 aromatic rings. The molecule has 1 saturated heterocycles. The van der Waals surface area contributed by atoms with Crippen molar-refractivity contribution in [2.75, 3.05) is 19.6 Å². The van der Waals surface area contributed by atoms with Crippen LogP contribution >= 0.6 is 0 Å². The van der Waals surface area contributed by atoms with Gasteiger partial charge in [0, 0.05) is 31.6 Å². The molecular formula is C17H21N4O2Si. The normalized spacial score (nSPS) is 21.7. The van der Waals surface area contributed by atoms with Crippen LogP contribution in [0.5, 0.6) is 0 Å². The molecule has 3 radical (unpaired) electrons. The first kappa shape index (κ1) is 16.9. The number of H-pyrrole nitrogens is 1. The highest BCUT2D eigenvalue weighted by atomic mass is 28.1. The van der Waals surface area contributed by atoms with Crippen molar-refractivity contribution in [1.29, 1.82) is 0 Å². The van der Waals surface area contributed by atoms with Crippen LogP contribution in [-0.2, 0) is 11.2 Å². The SMILES string of the molecule is C[C@H]1CNCCN(C(=O)CCc2nc3ccccc3c(=O)[nH]2)C1[Si]. The van der Waals surface area contributed by atoms with Gasteiger partial charge in [-0.2, -0.15) is 0 Å². The van der Waals surface area contributed by atoms with Gasteiger partial charge in [0.05, 0.1) is 21.1 Å². The molecule has 7 heteroatoms. The molecule has 0 aliphatic carbocycles. The maximum absolute atomic E-state index is 12.6. The smallest absolute Gasteiger partial charge is 0.258 e. The van der Waals surface area contributed by atoms with Crippen LogP contribution in [0.15, 0.2) is 29.1 Å². The summed E-state index contributed by atoms with van der Waals surface area (Å²) in [6.45, 7) is 4.47. The van der Waals surface area contributed by atoms with Gasteiger partial charge in [-0.1, -0.05) is 19.1 Å². The van der Waals surface area contributed by atoms with Crippen LogP contribution in [0.3, 0.4) is 0 Å². The van der Waals surface area contributed by atoms with Gasteiger partial charge in [0.2, 0.25) is 5.91 Å². The van der Waals surface area contributed by atoms with E-state index in [0.717, 1.165) is 13.1 Å². The third kappa shape index (κ3) is 3.57. The average molecular weight is 341 g/mol. The van der Waals surface area contributed by atoms with Gasteiger partial charge in [-0.25, -0.2) is 4.98 Å². The Morgan fingerprint density at radius 2 is 2.21 bits per heavy atom. The number of benzene rings is 1. The molecule has 3 rings (SSSR count). The van der Waals surface area contributed by atoms with E-state index in [9.17, 15) is 9.59 Å². The van der Waals surface area contributed by atoms with Gasteiger partial charge in [-0.05, 0) is 24.6 Å². The summed E-state index contributed by atoms with van der Waals surface area (Å²) >= 11 is 0. The summed E-state index contributed by atoms with van der Waals surface area (Å²) in [5, 5.41) is 3.90. The number of rotatable bonds is 3. The largest absolute Gasteiger partial charge is 0.342 e. The Kier molecular flexibility index (Phi) is 5.10. The zero-order chi connectivity index (χ0) is 17.1. The van der Waals surface area contributed by atoms with Gasteiger partial charge in [0.1, 0.15) is 5.82 Å². The quantitative estimate of drug-likeness (QED) is 0.793. The minimum Gasteiger partial charge on any atom is -0.342 e. The molecule has 125 valence electrons. The minimum absolute atomic E-state index is 0.0242. The predicted molar refractivity (Wildman–Crippen MR) is 94.0 cm³/mol. The summed E-state index contributed by atoms with van der Waals surface area (Å²) < 4.78 is 0. The van der Waals surface area contributed by atoms with Crippen molar-refractivity contribution in [1.82, 2.24) is 20.2 Å². The van der Waals surface area contributed by atoms with Crippen LogP contribution in [0.4, 0.5) is 0 Å². The molecule has 0 saturated carbocycles. The second-order valence-corrected chi connectivity index (χ2v) is 6.83. The van der Waals surface area contributed by atoms with E-state index in [1.165, 1.54) is 0 Å². The number of fused-ring (bicyclic) bond motifs is 1. The average Bonchev–Trinajstić information content (AvgIpc) is 2.75. The lowest BCUT2D eigenvalue weighted by molar-refractivity contribution is -0.132. The van der Waals surface area contributed by atoms with Crippen molar-refractivity contribution in [3.8, 4) is 0 Å². The van der Waals surface area contributed by atoms with E-state index < -0.39 is 0 Å². The summed E-state index contributed by atoms with van der Waals surface area (Å²) in [5.41, 5.74) is 0.527. The molecule has 2 heterocycles. The molecule has 0 spiro atoms. The molecule has 1 fully saturated rings. The van der Waals surface area contributed by atoms with Crippen LogP contribution in [0.25, 0.3) is 10.9 Å². The number of aromatic amines is 1. The molecule has 2 N–H and O–H groups in total. The molecular weight excluding hydrogens is 320 g/mol. The fourth-order valence-electron chi connectivity index (χ4n) is 2.99. The third-order valence-electron chi connectivity index (χ3n) is 4.43. The fraction of sp³-hybridized carbons (Fsp3) is 0.471. The number of para-hydroxylation sites is 1. The van der Waals surface area contributed by atoms with Gasteiger partial charge in [-0.15, -0.1) is 0 Å². The predicted octanol–water partition coefficient (Wildman–Crippen LogP) is 0.418. The third-order valence-corrected chi connectivity index (χ3v) is 5.31. The fourth-order valence-corrected chi connectivity index (χ4v) is 3.38. The lowest BCUT2D eigenvalue weighted by atomic mass is 10.1. The highest BCUT2D eigenvalue weighted by Crippen LogP contribution is 2.13. The maximum atomic E-state index is 12.6. The Labute approximate surface area is 144 Å². The molecule has 1 aromatic carbocycles. The van der Waals surface area contributed by atoms with Crippen molar-refractivity contribution in [2.45, 2.75) is 25.4 Å². The van der Waals surface area contributed by atoms with Crippen LogP contribution in [0, 0.1) is 5.92 Å². The Bertz CT molecular complexity index is 791. The summed E-state index contributed by atoms with van der Waals surface area (Å²) in [6, 6.07) is 7.22. The molecule has 0 bridgehead atoms. The monoisotopic (exact) mass is 341 g/mol. The molecule has 1 unspecified atom stereocenters. The standard InChI is InChI=1S/C17H21N4O2Si/c1-11-10-18-8-9-21(17(11)24)15(22)7-6-14-19-13-5-3-2-4-12(13)16(23)20-14/h2-5,11,17-18H,6-10H2,1H3,(H,19,20,23)/t11-,17?/m0/s1. The van der Waals surface area contributed by atoms with Gasteiger partial charge in [0.25, 0.3) is 5.56 Å². The van der Waals surface area contributed by atoms with E-state index in [1.807, 2.05) is 23.1 Å². The molecule has 2 atom stereocenters. The summed E-state index contributed by atoms with van der Waals surface area (Å²) in [5.74, 6) is 0.964. The van der Waals surface area contributed by atoms with Gasteiger partial charge in [-0.3, -0.25) is 9.59 Å². The molecule has 1 aliphatic heterocycles. The molecule has 1 aliphatic rings. The van der Waals surface area contributed by atoms with Crippen molar-refractivity contribution in [3.05, 3.63) is 40.4 Å². The second kappa shape index (κ2) is 7.27. The number of carbonyl (C=O) groups is 1. The zero-order valence-corrected chi connectivity index (χ0v) is 14.7. The van der Waals surface area contributed by atoms with E-state index in [4.69, 9.17) is 0 Å². The van der Waals surface area contributed by atoms with Gasteiger partial charge < -0.3 is 15.2 Å². The van der Waals surface area contributed by atoms with Crippen molar-refractivity contribution in [3.63, 3.8) is 0 Å². The number of hydrogen-bond acceptors (Lipinski definition) is 4. The minimum atomic E-state index is -0.159. The van der Waals surface area contributed by atoms with E-state index in [-0.39, 0.29) is 17.1 Å². The molecule has 1 aromatic heterocycles. The lowest BCUT2D eigenvalue weighted by Crippen LogP contribution is -2.44. The number of nitrogens with zero attached hydrogens (tertiary/aromatic N) is 2. The zero-order valence-electron chi connectivity index (χ0n) is 13.7. The van der Waals surface area contributed by atoms with E-state index in [1.54, 1.807) is 6.07 Å². The van der Waals surface area contributed by atoms with E-state index >= 15 is 0 Å². The van der Waals surface area contributed by atoms with E-state index in [2.05, 4.69) is 32.5 Å². The number of aromatic nitrogens is 2. The Balaban J connectivity index is 1.71. The first-order valence-electron chi connectivity index (χ1n) is 8.25. The number of aryl methyl sites for hydroxylation is 1. The first-order valence-corrected chi connectivity index (χ1v) is 8.83. The number of nitrogens with one attached hydrogen (secondary N) is 2. The van der Waals surface area contributed by atoms with Crippen molar-refractivity contribution < 1.29 is 4.79 Å². The van der Waals surface area contributed by atoms with Crippen LogP contribution in [-0.4, -0.2) is 56.3 Å². The molecule has 1 amide bonds. The van der Waals surface area contributed by atoms with Crippen LogP contribution in [0.2, 0.25) is 0 Å². The van der Waals surface area contributed by atoms with Gasteiger partial charge >= 0.3 is 0 Å². The number of amides is 1. The topological polar surface area (TPSA) is 78.1 Å². The summed E-state index contributed by atoms with van der Waals surface area (Å²) in [4.78, 5) is 33.8. The van der Waals surface area contributed by atoms with Crippen molar-refractivity contribution >= 4 is 27.1 Å². The van der Waals surface area contributed by atoms with Gasteiger partial charge in [0.15, 0.2) is 0 Å². The first-order chi connectivity index (χ1) is 11.6. The van der Waals surface area contributed by atoms with Crippen molar-refractivity contribution in [2.24, 2.45) is 5.92 Å². The Morgan fingerprint density at radius 1 is 1.42 bits per heavy atom. The highest BCUT2D eigenvalue weighted by Gasteiger charge is 2.26. The van der Waals surface area contributed by atoms with Crippen LogP contribution in [0.1, 0.15) is 19.2 Å². The summed E-state index contributed by atoms with van der Waals surface area (Å²) in [6.07, 6.45) is 0.755. The molecule has 24 heavy (non-hydrogen) atoms. The maximum Gasteiger partial charge on any atom is 0.258 e. The lowest BCUT2D eigenvalue weighted by Gasteiger charge is -2.30. The van der Waals surface area contributed by atoms with Crippen LogP contribution < -0.4 is 10.9 Å². The number of carbonyl (C=O) groups excluding carboxylic acids is 1. The molecule has 6 nitrogen and oxygen atoms in total. The number of hydrogen-bond donors (Lipinski definition) is 2. The Morgan fingerprint density at radius 3 is 3.04 bits per heavy atom. The Hall–Kier alpha value is -1.99. The second-order valence-electron chi connectivity index (χ2n) is 6.24. The summed E-state index contributed by atoms with van der Waals surface area (Å²) in [7, 11) is 3.69. The van der Waals surface area contributed by atoms with E-state index in [0.29, 0.717) is 42.0 Å².